The first-order valence-electron chi connectivity index (χ1n) is 7.80. The van der Waals surface area contributed by atoms with E-state index in [0.717, 1.165) is 57.7 Å². The molecule has 1 aromatic heterocycles. The Morgan fingerprint density at radius 3 is 2.67 bits per heavy atom. The molecular weight excluding hydrogens is 268 g/mol. The zero-order valence-electron chi connectivity index (χ0n) is 13.3. The van der Waals surface area contributed by atoms with Crippen LogP contribution < -0.4 is 0 Å². The number of unbranched alkanes of at least 4 members (excludes halogenated alkanes) is 1. The van der Waals surface area contributed by atoms with Gasteiger partial charge in [0.2, 0.25) is 5.91 Å². The molecule has 0 atom stereocenters. The van der Waals surface area contributed by atoms with E-state index in [4.69, 9.17) is 0 Å². The number of nitrogens with zero attached hydrogens (tertiary/aromatic N) is 6. The number of aryl methyl sites for hydroxylation is 1. The fourth-order valence-corrected chi connectivity index (χ4v) is 2.72. The maximum atomic E-state index is 12.0. The predicted molar refractivity (Wildman–Crippen MR) is 79.4 cm³/mol. The van der Waals surface area contributed by atoms with Gasteiger partial charge in [0.05, 0.1) is 6.54 Å². The Bertz CT molecular complexity index is 450. The quantitative estimate of drug-likeness (QED) is 0.775. The van der Waals surface area contributed by atoms with Crippen LogP contribution in [0.15, 0.2) is 0 Å². The van der Waals surface area contributed by atoms with Crippen molar-refractivity contribution < 1.29 is 4.79 Å². The summed E-state index contributed by atoms with van der Waals surface area (Å²) in [4.78, 5) is 16.0. The summed E-state index contributed by atoms with van der Waals surface area (Å²) in [5.41, 5.74) is 0. The number of likely N-dealkylation sites (tertiary alicyclic amines) is 1. The second kappa shape index (κ2) is 7.49. The monoisotopic (exact) mass is 294 g/mol. The molecule has 1 amide bonds. The van der Waals surface area contributed by atoms with Crippen LogP contribution in [0, 0.1) is 5.92 Å². The number of aromatic nitrogens is 4. The first-order valence-corrected chi connectivity index (χ1v) is 7.80. The lowest BCUT2D eigenvalue weighted by Crippen LogP contribution is -2.40. The number of tetrazole rings is 1. The highest BCUT2D eigenvalue weighted by Gasteiger charge is 2.26. The minimum Gasteiger partial charge on any atom is -0.349 e. The van der Waals surface area contributed by atoms with Gasteiger partial charge in [0, 0.05) is 26.6 Å². The Hall–Kier alpha value is -1.50. The second-order valence-electron chi connectivity index (χ2n) is 5.95. The molecule has 0 spiro atoms. The topological polar surface area (TPSA) is 67.2 Å². The van der Waals surface area contributed by atoms with E-state index < -0.39 is 0 Å². The van der Waals surface area contributed by atoms with Gasteiger partial charge < -0.3 is 4.90 Å². The van der Waals surface area contributed by atoms with Crippen LogP contribution in [0.5, 0.6) is 0 Å². The van der Waals surface area contributed by atoms with E-state index in [1.165, 1.54) is 0 Å². The maximum absolute atomic E-state index is 12.0. The van der Waals surface area contributed by atoms with Gasteiger partial charge in [-0.15, -0.1) is 5.10 Å². The van der Waals surface area contributed by atoms with Crippen molar-refractivity contribution in [3.8, 4) is 0 Å². The average molecular weight is 294 g/mol. The Morgan fingerprint density at radius 1 is 1.33 bits per heavy atom. The van der Waals surface area contributed by atoms with E-state index in [9.17, 15) is 4.79 Å². The number of carbonyl (C=O) groups excluding carboxylic acids is 1. The van der Waals surface area contributed by atoms with Crippen LogP contribution >= 0.6 is 0 Å². The largest absolute Gasteiger partial charge is 0.349 e. The molecule has 1 saturated heterocycles. The highest BCUT2D eigenvalue weighted by molar-refractivity contribution is 5.78. The fourth-order valence-electron chi connectivity index (χ4n) is 2.72. The van der Waals surface area contributed by atoms with Crippen molar-refractivity contribution in [2.24, 2.45) is 5.92 Å². The van der Waals surface area contributed by atoms with Crippen molar-refractivity contribution in [3.63, 3.8) is 0 Å². The molecule has 2 rings (SSSR count). The van der Waals surface area contributed by atoms with Gasteiger partial charge in [-0.25, -0.2) is 4.68 Å². The van der Waals surface area contributed by atoms with E-state index in [-0.39, 0.29) is 11.8 Å². The molecule has 0 unspecified atom stereocenters. The van der Waals surface area contributed by atoms with Gasteiger partial charge >= 0.3 is 0 Å². The van der Waals surface area contributed by atoms with Crippen molar-refractivity contribution in [1.29, 1.82) is 0 Å². The lowest BCUT2D eigenvalue weighted by atomic mass is 9.95. The van der Waals surface area contributed by atoms with Gasteiger partial charge in [-0.05, 0) is 42.8 Å². The summed E-state index contributed by atoms with van der Waals surface area (Å²) in [6.07, 6.45) is 4.08. The summed E-state index contributed by atoms with van der Waals surface area (Å²) in [7, 11) is 3.66. The Balaban J connectivity index is 1.83. The molecule has 2 heterocycles. The summed E-state index contributed by atoms with van der Waals surface area (Å²) in [5, 5.41) is 12.0. The lowest BCUT2D eigenvalue weighted by Gasteiger charge is -2.31. The van der Waals surface area contributed by atoms with Gasteiger partial charge in [-0.1, -0.05) is 13.3 Å². The standard InChI is InChI=1S/C14H26N6O/c1-4-5-8-20-13(15-16-17-20)11-19-9-6-12(7-10-19)14(21)18(2)3/h12H,4-11H2,1-3H3. The number of amides is 1. The third-order valence-electron chi connectivity index (χ3n) is 4.07. The molecule has 1 fully saturated rings. The Kier molecular flexibility index (Phi) is 5.67. The number of hydrogen-bond donors (Lipinski definition) is 0. The van der Waals surface area contributed by atoms with Crippen LogP contribution in [0.1, 0.15) is 38.4 Å². The van der Waals surface area contributed by atoms with Gasteiger partial charge in [0.15, 0.2) is 5.82 Å². The van der Waals surface area contributed by atoms with Gasteiger partial charge in [-0.2, -0.15) is 0 Å². The highest BCUT2D eigenvalue weighted by atomic mass is 16.2. The fraction of sp³-hybridized carbons (Fsp3) is 0.857. The first kappa shape index (κ1) is 15.9. The van der Waals surface area contributed by atoms with E-state index >= 15 is 0 Å². The second-order valence-corrected chi connectivity index (χ2v) is 5.95. The molecule has 118 valence electrons. The zero-order chi connectivity index (χ0) is 15.2. The molecule has 1 aliphatic heterocycles. The Morgan fingerprint density at radius 2 is 2.05 bits per heavy atom. The molecule has 21 heavy (non-hydrogen) atoms. The van der Waals surface area contributed by atoms with Crippen LogP contribution in [-0.2, 0) is 17.9 Å². The SMILES string of the molecule is CCCCn1nnnc1CN1CCC(C(=O)N(C)C)CC1. The van der Waals surface area contributed by atoms with E-state index in [1.807, 2.05) is 18.8 Å². The summed E-state index contributed by atoms with van der Waals surface area (Å²) in [6.45, 7) is 5.69. The van der Waals surface area contributed by atoms with Crippen molar-refractivity contribution >= 4 is 5.91 Å². The van der Waals surface area contributed by atoms with Crippen LogP contribution in [0.3, 0.4) is 0 Å². The number of piperidine rings is 1. The number of hydrogen-bond acceptors (Lipinski definition) is 5. The number of carbonyl (C=O) groups is 1. The van der Waals surface area contributed by atoms with Crippen molar-refractivity contribution in [2.45, 2.75) is 45.7 Å². The van der Waals surface area contributed by atoms with E-state index in [0.29, 0.717) is 0 Å². The molecule has 0 bridgehead atoms. The minimum atomic E-state index is 0.173. The van der Waals surface area contributed by atoms with Gasteiger partial charge in [0.25, 0.3) is 0 Å². The smallest absolute Gasteiger partial charge is 0.225 e. The van der Waals surface area contributed by atoms with Gasteiger partial charge in [-0.3, -0.25) is 9.69 Å². The normalized spacial score (nSPS) is 17.1. The van der Waals surface area contributed by atoms with E-state index in [2.05, 4.69) is 27.3 Å². The summed E-state index contributed by atoms with van der Waals surface area (Å²) in [6, 6.07) is 0. The molecule has 1 aromatic rings. The predicted octanol–water partition coefficient (Wildman–Crippen LogP) is 0.773. The van der Waals surface area contributed by atoms with Crippen LogP contribution in [0.4, 0.5) is 0 Å². The Labute approximate surface area is 126 Å². The summed E-state index contributed by atoms with van der Waals surface area (Å²) >= 11 is 0. The summed E-state index contributed by atoms with van der Waals surface area (Å²) < 4.78 is 1.90. The highest BCUT2D eigenvalue weighted by Crippen LogP contribution is 2.20. The zero-order valence-corrected chi connectivity index (χ0v) is 13.3. The molecule has 0 aliphatic carbocycles. The average Bonchev–Trinajstić information content (AvgIpc) is 2.92. The molecule has 7 heteroatoms. The lowest BCUT2D eigenvalue weighted by molar-refractivity contribution is -0.134. The minimum absolute atomic E-state index is 0.173. The molecule has 0 N–H and O–H groups in total. The molecule has 0 radical (unpaired) electrons. The number of rotatable bonds is 6. The summed E-state index contributed by atoms with van der Waals surface area (Å²) in [5.74, 6) is 1.36. The maximum Gasteiger partial charge on any atom is 0.225 e. The molecular formula is C14H26N6O. The third-order valence-corrected chi connectivity index (χ3v) is 4.07. The first-order chi connectivity index (χ1) is 10.1. The van der Waals surface area contributed by atoms with Crippen molar-refractivity contribution in [2.75, 3.05) is 27.2 Å². The molecule has 0 saturated carbocycles. The molecule has 0 aromatic carbocycles. The van der Waals surface area contributed by atoms with Crippen LogP contribution in [0.25, 0.3) is 0 Å². The van der Waals surface area contributed by atoms with Gasteiger partial charge in [0.1, 0.15) is 0 Å². The molecule has 7 nitrogen and oxygen atoms in total. The van der Waals surface area contributed by atoms with Crippen LogP contribution in [-0.4, -0.2) is 63.1 Å². The molecule has 1 aliphatic rings. The third kappa shape index (κ3) is 4.23. The van der Waals surface area contributed by atoms with Crippen molar-refractivity contribution in [1.82, 2.24) is 30.0 Å². The van der Waals surface area contributed by atoms with Crippen LogP contribution in [0.2, 0.25) is 0 Å². The van der Waals surface area contributed by atoms with E-state index in [1.54, 1.807) is 4.90 Å². The van der Waals surface area contributed by atoms with Crippen molar-refractivity contribution in [3.05, 3.63) is 5.82 Å².